The molecule has 3 nitrogen and oxygen atoms in total. The lowest BCUT2D eigenvalue weighted by molar-refractivity contribution is 0.627. The lowest BCUT2D eigenvalue weighted by Crippen LogP contribution is -2.02. The predicted molar refractivity (Wildman–Crippen MR) is 75.1 cm³/mol. The van der Waals surface area contributed by atoms with Crippen LogP contribution in [0.2, 0.25) is 0 Å². The van der Waals surface area contributed by atoms with E-state index in [1.54, 1.807) is 23.0 Å². The Labute approximate surface area is 114 Å². The molecule has 2 aromatic rings. The van der Waals surface area contributed by atoms with Crippen molar-refractivity contribution in [3.63, 3.8) is 0 Å². The summed E-state index contributed by atoms with van der Waals surface area (Å²) in [7, 11) is -0.853. The van der Waals surface area contributed by atoms with Gasteiger partial charge in [-0.15, -0.1) is 0 Å². The highest BCUT2D eigenvalue weighted by Crippen LogP contribution is 2.10. The molecule has 1 atom stereocenters. The molecule has 0 radical (unpaired) electrons. The number of aromatic nitrogens is 2. The molecule has 0 N–H and O–H groups in total. The van der Waals surface area contributed by atoms with Crippen LogP contribution in [-0.4, -0.2) is 19.7 Å². The average Bonchev–Trinajstić information content (AvgIpc) is 2.85. The molecule has 0 bridgehead atoms. The van der Waals surface area contributed by atoms with Crippen molar-refractivity contribution in [1.29, 1.82) is 0 Å². The van der Waals surface area contributed by atoms with Gasteiger partial charge in [0.25, 0.3) is 0 Å². The van der Waals surface area contributed by atoms with Crippen LogP contribution in [-0.2, 0) is 16.6 Å². The van der Waals surface area contributed by atoms with Gasteiger partial charge in [-0.25, -0.2) is 9.07 Å². The molecule has 1 aromatic carbocycles. The fraction of sp³-hybridized carbons (Fsp3) is 0.357. The molecule has 0 aliphatic carbocycles. The van der Waals surface area contributed by atoms with Crippen molar-refractivity contribution in [2.24, 2.45) is 0 Å². The van der Waals surface area contributed by atoms with Gasteiger partial charge in [-0.2, -0.15) is 5.10 Å². The summed E-state index contributed by atoms with van der Waals surface area (Å²) in [5.41, 5.74) is 1.60. The number of benzene rings is 1. The van der Waals surface area contributed by atoms with Gasteiger partial charge in [-0.1, -0.05) is 13.3 Å². The Morgan fingerprint density at radius 2 is 2.00 bits per heavy atom. The van der Waals surface area contributed by atoms with E-state index in [1.807, 2.05) is 6.07 Å². The summed E-state index contributed by atoms with van der Waals surface area (Å²) in [4.78, 5) is 0. The molecule has 1 aromatic heterocycles. The van der Waals surface area contributed by atoms with E-state index < -0.39 is 10.8 Å². The smallest absolute Gasteiger partial charge is 0.123 e. The first-order valence-electron chi connectivity index (χ1n) is 6.34. The summed E-state index contributed by atoms with van der Waals surface area (Å²) in [5.74, 6) is 0.936. The van der Waals surface area contributed by atoms with E-state index in [-0.39, 0.29) is 5.82 Å². The van der Waals surface area contributed by atoms with E-state index in [1.165, 1.54) is 12.1 Å². The van der Waals surface area contributed by atoms with Crippen LogP contribution in [0.3, 0.4) is 0 Å². The predicted octanol–water partition coefficient (Wildman–Crippen LogP) is 3.06. The normalized spacial score (nSPS) is 12.5. The van der Waals surface area contributed by atoms with Gasteiger partial charge in [0.05, 0.1) is 17.1 Å². The highest BCUT2D eigenvalue weighted by molar-refractivity contribution is 7.84. The molecular weight excluding hydrogens is 263 g/mol. The van der Waals surface area contributed by atoms with Gasteiger partial charge in [-0.3, -0.25) is 4.21 Å². The van der Waals surface area contributed by atoms with Gasteiger partial charge in [0, 0.05) is 22.7 Å². The minimum atomic E-state index is -0.853. The summed E-state index contributed by atoms with van der Waals surface area (Å²) in [6, 6.07) is 7.99. The highest BCUT2D eigenvalue weighted by Gasteiger charge is 2.06. The Kier molecular flexibility index (Phi) is 4.85. The molecule has 0 saturated carbocycles. The third-order valence-corrected chi connectivity index (χ3v) is 4.13. The number of rotatable bonds is 6. The Morgan fingerprint density at radius 3 is 2.68 bits per heavy atom. The van der Waals surface area contributed by atoms with Gasteiger partial charge in [-0.05, 0) is 36.8 Å². The molecule has 1 unspecified atom stereocenters. The number of hydrogen-bond acceptors (Lipinski definition) is 2. The first-order valence-corrected chi connectivity index (χ1v) is 7.83. The van der Waals surface area contributed by atoms with Crippen molar-refractivity contribution in [2.45, 2.75) is 25.5 Å². The molecule has 0 saturated heterocycles. The largest absolute Gasteiger partial charge is 0.259 e. The van der Waals surface area contributed by atoms with E-state index in [0.717, 1.165) is 30.0 Å². The minimum absolute atomic E-state index is 0.267. The van der Waals surface area contributed by atoms with Crippen LogP contribution in [0.5, 0.6) is 0 Å². The third kappa shape index (κ3) is 3.99. The number of unbranched alkanes of at least 4 members (excludes halogenated alkanes) is 1. The molecule has 0 spiro atoms. The van der Waals surface area contributed by atoms with E-state index in [2.05, 4.69) is 12.0 Å². The van der Waals surface area contributed by atoms with Gasteiger partial charge in [0.1, 0.15) is 5.82 Å². The topological polar surface area (TPSA) is 34.9 Å². The monoisotopic (exact) mass is 280 g/mol. The zero-order valence-corrected chi connectivity index (χ0v) is 11.7. The Bertz CT molecular complexity index is 551. The lowest BCUT2D eigenvalue weighted by Gasteiger charge is -2.01. The van der Waals surface area contributed by atoms with E-state index in [4.69, 9.17) is 0 Å². The van der Waals surface area contributed by atoms with Crippen LogP contribution >= 0.6 is 0 Å². The summed E-state index contributed by atoms with van der Waals surface area (Å²) < 4.78 is 26.3. The zero-order valence-electron chi connectivity index (χ0n) is 10.9. The minimum Gasteiger partial charge on any atom is -0.259 e. The summed E-state index contributed by atoms with van der Waals surface area (Å²) in [5, 5.41) is 4.36. The maximum atomic E-state index is 12.8. The number of halogens is 1. The third-order valence-electron chi connectivity index (χ3n) is 2.77. The molecular formula is C14H17FN2OS. The fourth-order valence-corrected chi connectivity index (χ4v) is 2.96. The van der Waals surface area contributed by atoms with Crippen LogP contribution in [0.4, 0.5) is 4.39 Å². The van der Waals surface area contributed by atoms with Gasteiger partial charge >= 0.3 is 0 Å². The molecule has 0 aliphatic rings. The van der Waals surface area contributed by atoms with Crippen molar-refractivity contribution < 1.29 is 8.60 Å². The second-order valence-electron chi connectivity index (χ2n) is 4.37. The summed E-state index contributed by atoms with van der Waals surface area (Å²) >= 11 is 0. The van der Waals surface area contributed by atoms with Gasteiger partial charge < -0.3 is 0 Å². The number of nitrogens with zero attached hydrogens (tertiary/aromatic N) is 2. The van der Waals surface area contributed by atoms with Crippen LogP contribution < -0.4 is 0 Å². The summed E-state index contributed by atoms with van der Waals surface area (Å²) in [6.45, 7) is 2.08. The van der Waals surface area contributed by atoms with Crippen molar-refractivity contribution in [3.8, 4) is 5.69 Å². The molecule has 19 heavy (non-hydrogen) atoms. The SMILES string of the molecule is CCCCS(=O)Cc1ccn(-c2ccc(F)cc2)n1. The Morgan fingerprint density at radius 1 is 1.26 bits per heavy atom. The van der Waals surface area contributed by atoms with Crippen LogP contribution in [0.1, 0.15) is 25.5 Å². The molecule has 1 heterocycles. The summed E-state index contributed by atoms with van der Waals surface area (Å²) in [6.07, 6.45) is 3.83. The quantitative estimate of drug-likeness (QED) is 0.815. The van der Waals surface area contributed by atoms with Gasteiger partial charge in [0.2, 0.25) is 0 Å². The first-order chi connectivity index (χ1) is 9.19. The highest BCUT2D eigenvalue weighted by atomic mass is 32.2. The van der Waals surface area contributed by atoms with Crippen LogP contribution in [0.25, 0.3) is 5.69 Å². The Hall–Kier alpha value is -1.49. The maximum absolute atomic E-state index is 12.8. The van der Waals surface area contributed by atoms with Crippen molar-refractivity contribution in [1.82, 2.24) is 9.78 Å². The molecule has 0 aliphatic heterocycles. The van der Waals surface area contributed by atoms with Crippen molar-refractivity contribution >= 4 is 10.8 Å². The number of hydrogen-bond donors (Lipinski definition) is 0. The van der Waals surface area contributed by atoms with Crippen LogP contribution in [0.15, 0.2) is 36.5 Å². The van der Waals surface area contributed by atoms with Gasteiger partial charge in [0.15, 0.2) is 0 Å². The first kappa shape index (κ1) is 13.9. The Balaban J connectivity index is 2.02. The second-order valence-corrected chi connectivity index (χ2v) is 5.95. The lowest BCUT2D eigenvalue weighted by atomic mass is 10.3. The second kappa shape index (κ2) is 6.61. The molecule has 0 amide bonds. The molecule has 102 valence electrons. The van der Waals surface area contributed by atoms with Crippen molar-refractivity contribution in [3.05, 3.63) is 48.0 Å². The standard InChI is InChI=1S/C14H17FN2OS/c1-2-3-10-19(18)11-13-8-9-17(16-13)14-6-4-12(15)5-7-14/h4-9H,2-3,10-11H2,1H3. The van der Waals surface area contributed by atoms with E-state index >= 15 is 0 Å². The van der Waals surface area contributed by atoms with E-state index in [9.17, 15) is 8.60 Å². The average molecular weight is 280 g/mol. The maximum Gasteiger partial charge on any atom is 0.123 e. The zero-order chi connectivity index (χ0) is 13.7. The van der Waals surface area contributed by atoms with E-state index in [0.29, 0.717) is 5.75 Å². The molecule has 2 rings (SSSR count). The van der Waals surface area contributed by atoms with Crippen molar-refractivity contribution in [2.75, 3.05) is 5.75 Å². The molecule has 0 fully saturated rings. The molecule has 5 heteroatoms. The fourth-order valence-electron chi connectivity index (χ4n) is 1.72. The van der Waals surface area contributed by atoms with Crippen LogP contribution in [0, 0.1) is 5.82 Å².